The highest BCUT2D eigenvalue weighted by molar-refractivity contribution is 7.91. The summed E-state index contributed by atoms with van der Waals surface area (Å²) in [5.74, 6) is -0.580. The molecule has 0 aromatic heterocycles. The first kappa shape index (κ1) is 13.1. The van der Waals surface area contributed by atoms with Gasteiger partial charge >= 0.3 is 0 Å². The molecule has 0 fully saturated rings. The molecule has 0 aliphatic carbocycles. The topological polar surface area (TPSA) is 54.4 Å². The van der Waals surface area contributed by atoms with Gasteiger partial charge in [-0.25, -0.2) is 12.8 Å². The Morgan fingerprint density at radius 2 is 1.75 bits per heavy atom. The van der Waals surface area contributed by atoms with Crippen molar-refractivity contribution in [1.29, 1.82) is 0 Å². The molecule has 1 aromatic rings. The van der Waals surface area contributed by atoms with E-state index < -0.39 is 27.0 Å². The molecule has 0 amide bonds. The van der Waals surface area contributed by atoms with Crippen LogP contribution in [0.15, 0.2) is 24.3 Å². The number of benzene rings is 1. The zero-order valence-corrected chi connectivity index (χ0v) is 10.0. The SMILES string of the molecule is CC(O)C(C)S(=O)(=O)Cc1ccc(F)cc1. The molecule has 0 aliphatic heterocycles. The lowest BCUT2D eigenvalue weighted by molar-refractivity contribution is 0.193. The molecule has 3 nitrogen and oxygen atoms in total. The summed E-state index contributed by atoms with van der Waals surface area (Å²) in [4.78, 5) is 0. The summed E-state index contributed by atoms with van der Waals surface area (Å²) in [6.45, 7) is 2.90. The van der Waals surface area contributed by atoms with Crippen LogP contribution in [-0.2, 0) is 15.6 Å². The molecule has 0 saturated heterocycles. The predicted octanol–water partition coefficient (Wildman–Crippen LogP) is 1.51. The van der Waals surface area contributed by atoms with Gasteiger partial charge in [0.15, 0.2) is 9.84 Å². The highest BCUT2D eigenvalue weighted by Gasteiger charge is 2.25. The third-order valence-electron chi connectivity index (χ3n) is 2.53. The maximum Gasteiger partial charge on any atom is 0.159 e. The average Bonchev–Trinajstić information content (AvgIpc) is 2.20. The van der Waals surface area contributed by atoms with Crippen molar-refractivity contribution in [1.82, 2.24) is 0 Å². The lowest BCUT2D eigenvalue weighted by Gasteiger charge is -2.15. The standard InChI is InChI=1S/C11H15FO3S/c1-8(13)9(2)16(14,15)7-10-3-5-11(12)6-4-10/h3-6,8-9,13H,7H2,1-2H3. The molecule has 90 valence electrons. The molecule has 0 spiro atoms. The molecule has 0 heterocycles. The minimum atomic E-state index is -3.40. The number of hydrogen-bond donors (Lipinski definition) is 1. The molecule has 16 heavy (non-hydrogen) atoms. The van der Waals surface area contributed by atoms with E-state index in [-0.39, 0.29) is 5.75 Å². The van der Waals surface area contributed by atoms with Gasteiger partial charge in [-0.15, -0.1) is 0 Å². The van der Waals surface area contributed by atoms with Gasteiger partial charge in [-0.1, -0.05) is 12.1 Å². The van der Waals surface area contributed by atoms with E-state index in [1.807, 2.05) is 0 Å². The van der Waals surface area contributed by atoms with E-state index in [4.69, 9.17) is 0 Å². The minimum Gasteiger partial charge on any atom is -0.392 e. The zero-order valence-electron chi connectivity index (χ0n) is 9.22. The van der Waals surface area contributed by atoms with Gasteiger partial charge in [0, 0.05) is 0 Å². The number of aliphatic hydroxyl groups is 1. The van der Waals surface area contributed by atoms with Gasteiger partial charge in [-0.05, 0) is 31.5 Å². The Morgan fingerprint density at radius 3 is 2.19 bits per heavy atom. The van der Waals surface area contributed by atoms with Crippen molar-refractivity contribution >= 4 is 9.84 Å². The average molecular weight is 246 g/mol. The molecule has 0 aliphatic rings. The first-order chi connectivity index (χ1) is 7.33. The second-order valence-corrected chi connectivity index (χ2v) is 6.24. The van der Waals surface area contributed by atoms with Crippen molar-refractivity contribution < 1.29 is 17.9 Å². The van der Waals surface area contributed by atoms with Gasteiger partial charge in [-0.2, -0.15) is 0 Å². The van der Waals surface area contributed by atoms with Crippen molar-refractivity contribution in [2.24, 2.45) is 0 Å². The van der Waals surface area contributed by atoms with Crippen molar-refractivity contribution in [3.8, 4) is 0 Å². The van der Waals surface area contributed by atoms with Crippen LogP contribution < -0.4 is 0 Å². The van der Waals surface area contributed by atoms with Crippen LogP contribution >= 0.6 is 0 Å². The van der Waals surface area contributed by atoms with E-state index in [9.17, 15) is 17.9 Å². The van der Waals surface area contributed by atoms with Gasteiger partial charge in [0.2, 0.25) is 0 Å². The van der Waals surface area contributed by atoms with Gasteiger partial charge in [-0.3, -0.25) is 0 Å². The molecule has 2 atom stereocenters. The summed E-state index contributed by atoms with van der Waals surface area (Å²) < 4.78 is 36.2. The van der Waals surface area contributed by atoms with E-state index >= 15 is 0 Å². The molecular formula is C11H15FO3S. The lowest BCUT2D eigenvalue weighted by atomic mass is 10.2. The number of rotatable bonds is 4. The zero-order chi connectivity index (χ0) is 12.3. The van der Waals surface area contributed by atoms with Crippen molar-refractivity contribution in [3.05, 3.63) is 35.6 Å². The Morgan fingerprint density at radius 1 is 1.25 bits per heavy atom. The molecule has 0 bridgehead atoms. The van der Waals surface area contributed by atoms with E-state index in [1.165, 1.54) is 38.1 Å². The second kappa shape index (κ2) is 4.93. The summed E-state index contributed by atoms with van der Waals surface area (Å²) in [5, 5.41) is 8.42. The normalized spacial score (nSPS) is 15.8. The molecular weight excluding hydrogens is 231 g/mol. The van der Waals surface area contributed by atoms with E-state index in [0.717, 1.165) is 0 Å². The first-order valence-corrected chi connectivity index (χ1v) is 6.68. The lowest BCUT2D eigenvalue weighted by Crippen LogP contribution is -2.30. The minimum absolute atomic E-state index is 0.181. The summed E-state index contributed by atoms with van der Waals surface area (Å²) in [6.07, 6.45) is -0.912. The van der Waals surface area contributed by atoms with Crippen LogP contribution in [0.1, 0.15) is 19.4 Å². The molecule has 1 rings (SSSR count). The maximum atomic E-state index is 12.6. The van der Waals surface area contributed by atoms with Crippen LogP contribution in [0.2, 0.25) is 0 Å². The van der Waals surface area contributed by atoms with Crippen LogP contribution in [-0.4, -0.2) is 24.9 Å². The van der Waals surface area contributed by atoms with Gasteiger partial charge in [0.05, 0.1) is 17.1 Å². The molecule has 0 radical (unpaired) electrons. The van der Waals surface area contributed by atoms with Crippen LogP contribution in [0.3, 0.4) is 0 Å². The van der Waals surface area contributed by atoms with Crippen LogP contribution in [0.4, 0.5) is 4.39 Å². The fraction of sp³-hybridized carbons (Fsp3) is 0.455. The largest absolute Gasteiger partial charge is 0.392 e. The number of halogens is 1. The number of hydrogen-bond acceptors (Lipinski definition) is 3. The van der Waals surface area contributed by atoms with E-state index in [2.05, 4.69) is 0 Å². The first-order valence-electron chi connectivity index (χ1n) is 4.97. The highest BCUT2D eigenvalue weighted by Crippen LogP contribution is 2.14. The monoisotopic (exact) mass is 246 g/mol. The molecule has 1 aromatic carbocycles. The predicted molar refractivity (Wildman–Crippen MR) is 60.2 cm³/mol. The van der Waals surface area contributed by atoms with Crippen molar-refractivity contribution in [3.63, 3.8) is 0 Å². The molecule has 2 unspecified atom stereocenters. The third-order valence-corrected chi connectivity index (χ3v) is 4.79. The molecule has 5 heteroatoms. The van der Waals surface area contributed by atoms with Crippen molar-refractivity contribution in [2.45, 2.75) is 31.0 Å². The summed E-state index contributed by atoms with van der Waals surface area (Å²) in [7, 11) is -3.40. The van der Waals surface area contributed by atoms with E-state index in [1.54, 1.807) is 0 Å². The molecule has 1 N–H and O–H groups in total. The van der Waals surface area contributed by atoms with Gasteiger partial charge in [0.1, 0.15) is 5.82 Å². The molecule has 0 saturated carbocycles. The van der Waals surface area contributed by atoms with Crippen LogP contribution in [0, 0.1) is 5.82 Å². The van der Waals surface area contributed by atoms with Crippen LogP contribution in [0.25, 0.3) is 0 Å². The summed E-state index contributed by atoms with van der Waals surface area (Å²) >= 11 is 0. The second-order valence-electron chi connectivity index (χ2n) is 3.88. The fourth-order valence-corrected chi connectivity index (χ4v) is 2.76. The number of aliphatic hydroxyl groups excluding tert-OH is 1. The van der Waals surface area contributed by atoms with Gasteiger partial charge in [0.25, 0.3) is 0 Å². The number of sulfone groups is 1. The summed E-state index contributed by atoms with van der Waals surface area (Å²) in [5.41, 5.74) is 0.522. The Balaban J connectivity index is 2.85. The summed E-state index contributed by atoms with van der Waals surface area (Å²) in [6, 6.07) is 5.30. The van der Waals surface area contributed by atoms with E-state index in [0.29, 0.717) is 5.56 Å². The van der Waals surface area contributed by atoms with Crippen molar-refractivity contribution in [2.75, 3.05) is 0 Å². The Hall–Kier alpha value is -0.940. The fourth-order valence-electron chi connectivity index (χ4n) is 1.24. The third kappa shape index (κ3) is 3.28. The highest BCUT2D eigenvalue weighted by atomic mass is 32.2. The smallest absolute Gasteiger partial charge is 0.159 e. The quantitative estimate of drug-likeness (QED) is 0.876. The Bertz CT molecular complexity index is 437. The maximum absolute atomic E-state index is 12.6. The van der Waals surface area contributed by atoms with Crippen LogP contribution in [0.5, 0.6) is 0 Å². The van der Waals surface area contributed by atoms with Gasteiger partial charge < -0.3 is 5.11 Å². The Labute approximate surface area is 94.8 Å². The Kier molecular flexibility index (Phi) is 4.04.